The third kappa shape index (κ3) is 9.43. The Morgan fingerprint density at radius 1 is 1.07 bits per heavy atom. The Labute approximate surface area is 243 Å². The van der Waals surface area contributed by atoms with Crippen LogP contribution < -0.4 is 20.7 Å². The number of aliphatic hydroxyl groups excluding tert-OH is 1. The molecule has 0 spiro atoms. The predicted molar refractivity (Wildman–Crippen MR) is 155 cm³/mol. The zero-order valence-corrected chi connectivity index (χ0v) is 24.7. The summed E-state index contributed by atoms with van der Waals surface area (Å²) in [5, 5.41) is 17.9. The minimum atomic E-state index is -0.730. The van der Waals surface area contributed by atoms with E-state index < -0.39 is 24.0 Å². The average molecular weight is 574 g/mol. The summed E-state index contributed by atoms with van der Waals surface area (Å²) in [4.78, 5) is 55.4. The summed E-state index contributed by atoms with van der Waals surface area (Å²) in [5.74, 6) is -0.766. The first kappa shape index (κ1) is 32.3. The SMILES string of the molecule is CC(=O)NCCCC[C@@H]1NC(=O)[C@H]2C[C@@H](C(=O)NCCCCCCN(C)C)[C@@H](c3cccc(OCCO)c3)N2C1=O. The number of nitrogens with one attached hydrogen (secondary N) is 3. The second-order valence-corrected chi connectivity index (χ2v) is 11.2. The quantitative estimate of drug-likeness (QED) is 0.206. The van der Waals surface area contributed by atoms with Gasteiger partial charge in [0, 0.05) is 20.0 Å². The molecule has 2 fully saturated rings. The normalized spacial score (nSPS) is 21.9. The van der Waals surface area contributed by atoms with Crippen molar-refractivity contribution in [3.05, 3.63) is 29.8 Å². The number of hydrogen-bond acceptors (Lipinski definition) is 7. The molecule has 1 aromatic carbocycles. The molecule has 2 aliphatic heterocycles. The van der Waals surface area contributed by atoms with Crippen LogP contribution in [0.4, 0.5) is 0 Å². The summed E-state index contributed by atoms with van der Waals surface area (Å²) in [7, 11) is 4.11. The molecule has 0 saturated carbocycles. The Hall–Kier alpha value is -3.18. The van der Waals surface area contributed by atoms with Crippen molar-refractivity contribution in [3.8, 4) is 5.75 Å². The van der Waals surface area contributed by atoms with E-state index in [9.17, 15) is 24.3 Å². The second-order valence-electron chi connectivity index (χ2n) is 11.2. The van der Waals surface area contributed by atoms with Crippen molar-refractivity contribution < 1.29 is 29.0 Å². The molecule has 4 atom stereocenters. The Kier molecular flexibility index (Phi) is 12.9. The van der Waals surface area contributed by atoms with Gasteiger partial charge in [-0.3, -0.25) is 19.2 Å². The maximum absolute atomic E-state index is 13.8. The number of rotatable bonds is 17. The van der Waals surface area contributed by atoms with Gasteiger partial charge in [-0.05, 0) is 76.9 Å². The number of benzene rings is 1. The van der Waals surface area contributed by atoms with Crippen LogP contribution in [0.3, 0.4) is 0 Å². The van der Waals surface area contributed by atoms with Gasteiger partial charge in [-0.2, -0.15) is 0 Å². The molecule has 2 saturated heterocycles. The fourth-order valence-electron chi connectivity index (χ4n) is 5.68. The molecular weight excluding hydrogens is 526 g/mol. The third-order valence-corrected chi connectivity index (χ3v) is 7.69. The number of ether oxygens (including phenoxy) is 1. The molecule has 0 radical (unpaired) electrons. The van der Waals surface area contributed by atoms with E-state index in [1.54, 1.807) is 23.1 Å². The first-order valence-corrected chi connectivity index (χ1v) is 14.9. The van der Waals surface area contributed by atoms with E-state index in [1.807, 2.05) is 6.07 Å². The van der Waals surface area contributed by atoms with Gasteiger partial charge < -0.3 is 35.6 Å². The maximum Gasteiger partial charge on any atom is 0.246 e. The van der Waals surface area contributed by atoms with E-state index in [-0.39, 0.29) is 43.3 Å². The average Bonchev–Trinajstić information content (AvgIpc) is 3.35. The molecule has 4 amide bonds. The fraction of sp³-hybridized carbons (Fsp3) is 0.667. The molecule has 0 bridgehead atoms. The van der Waals surface area contributed by atoms with E-state index >= 15 is 0 Å². The highest BCUT2D eigenvalue weighted by atomic mass is 16.5. The molecule has 3 rings (SSSR count). The molecule has 4 N–H and O–H groups in total. The lowest BCUT2D eigenvalue weighted by molar-refractivity contribution is -0.149. The lowest BCUT2D eigenvalue weighted by Crippen LogP contribution is -2.61. The van der Waals surface area contributed by atoms with Gasteiger partial charge in [-0.15, -0.1) is 0 Å². The van der Waals surface area contributed by atoms with E-state index in [1.165, 1.54) is 6.92 Å². The zero-order chi connectivity index (χ0) is 29.8. The number of fused-ring (bicyclic) bond motifs is 1. The van der Waals surface area contributed by atoms with E-state index in [0.29, 0.717) is 38.1 Å². The number of aliphatic hydroxyl groups is 1. The van der Waals surface area contributed by atoms with Gasteiger partial charge in [0.2, 0.25) is 23.6 Å². The van der Waals surface area contributed by atoms with Gasteiger partial charge in [0.15, 0.2) is 0 Å². The molecule has 2 aliphatic rings. The molecule has 41 heavy (non-hydrogen) atoms. The molecule has 0 aromatic heterocycles. The fourth-order valence-corrected chi connectivity index (χ4v) is 5.68. The smallest absolute Gasteiger partial charge is 0.246 e. The molecule has 11 heteroatoms. The largest absolute Gasteiger partial charge is 0.491 e. The third-order valence-electron chi connectivity index (χ3n) is 7.69. The first-order valence-electron chi connectivity index (χ1n) is 14.9. The lowest BCUT2D eigenvalue weighted by Gasteiger charge is -2.38. The molecule has 11 nitrogen and oxygen atoms in total. The van der Waals surface area contributed by atoms with Crippen molar-refractivity contribution >= 4 is 23.6 Å². The summed E-state index contributed by atoms with van der Waals surface area (Å²) >= 11 is 0. The Morgan fingerprint density at radius 2 is 1.80 bits per heavy atom. The highest BCUT2D eigenvalue weighted by molar-refractivity contribution is 5.99. The molecule has 2 heterocycles. The van der Waals surface area contributed by atoms with Crippen LogP contribution >= 0.6 is 0 Å². The second kappa shape index (κ2) is 16.3. The maximum atomic E-state index is 13.8. The van der Waals surface area contributed by atoms with Crippen LogP contribution in [0.15, 0.2) is 24.3 Å². The minimum absolute atomic E-state index is 0.103. The van der Waals surface area contributed by atoms with E-state index in [2.05, 4.69) is 34.9 Å². The number of piperazine rings is 1. The number of carbonyl (C=O) groups is 4. The summed E-state index contributed by atoms with van der Waals surface area (Å²) in [6.07, 6.45) is 6.14. The Balaban J connectivity index is 1.73. The van der Waals surface area contributed by atoms with Crippen molar-refractivity contribution in [1.29, 1.82) is 0 Å². The van der Waals surface area contributed by atoms with Crippen LogP contribution in [0.1, 0.15) is 69.9 Å². The number of hydrogen-bond donors (Lipinski definition) is 4. The Bertz CT molecular complexity index is 1030. The van der Waals surface area contributed by atoms with Crippen LogP contribution in [0, 0.1) is 5.92 Å². The van der Waals surface area contributed by atoms with Gasteiger partial charge in [0.05, 0.1) is 18.6 Å². The van der Waals surface area contributed by atoms with Gasteiger partial charge in [0.25, 0.3) is 0 Å². The van der Waals surface area contributed by atoms with Gasteiger partial charge in [0.1, 0.15) is 24.4 Å². The number of unbranched alkanes of at least 4 members (excludes halogenated alkanes) is 4. The topological polar surface area (TPSA) is 140 Å². The van der Waals surface area contributed by atoms with Crippen LogP contribution in [0.25, 0.3) is 0 Å². The summed E-state index contributed by atoms with van der Waals surface area (Å²) < 4.78 is 5.61. The van der Waals surface area contributed by atoms with Crippen molar-refractivity contribution in [2.75, 3.05) is 46.9 Å². The summed E-state index contributed by atoms with van der Waals surface area (Å²) in [6, 6.07) is 5.18. The van der Waals surface area contributed by atoms with Crippen LogP contribution in [0.2, 0.25) is 0 Å². The van der Waals surface area contributed by atoms with Crippen molar-refractivity contribution in [2.45, 2.75) is 76.4 Å². The Morgan fingerprint density at radius 3 is 2.54 bits per heavy atom. The highest BCUT2D eigenvalue weighted by Gasteiger charge is 2.54. The monoisotopic (exact) mass is 573 g/mol. The van der Waals surface area contributed by atoms with Crippen LogP contribution in [-0.2, 0) is 19.2 Å². The molecule has 1 aromatic rings. The lowest BCUT2D eigenvalue weighted by atomic mass is 9.92. The van der Waals surface area contributed by atoms with Crippen LogP contribution in [-0.4, -0.2) is 97.6 Å². The summed E-state index contributed by atoms with van der Waals surface area (Å²) in [6.45, 7) is 3.55. The first-order chi connectivity index (χ1) is 19.7. The van der Waals surface area contributed by atoms with Crippen LogP contribution in [0.5, 0.6) is 5.75 Å². The molecular formula is C30H47N5O6. The van der Waals surface area contributed by atoms with Crippen molar-refractivity contribution in [2.24, 2.45) is 5.92 Å². The van der Waals surface area contributed by atoms with Gasteiger partial charge >= 0.3 is 0 Å². The standard InChI is InChI=1S/C30H47N5O6/c1-21(37)31-14-8-6-13-25-30(40)35-26(29(39)33-25)20-24(28(38)32-15-7-4-5-9-16-34(2)3)27(35)22-11-10-12-23(19-22)41-18-17-36/h10-12,19,24-27,36H,4-9,13-18,20H2,1-3H3,(H,31,37)(H,32,38)(H,33,39)/t24-,25+,26-,27-/m1/s1. The van der Waals surface area contributed by atoms with Crippen molar-refractivity contribution in [1.82, 2.24) is 25.8 Å². The number of carbonyl (C=O) groups excluding carboxylic acids is 4. The zero-order valence-electron chi connectivity index (χ0n) is 24.7. The van der Waals surface area contributed by atoms with Gasteiger partial charge in [-0.1, -0.05) is 25.0 Å². The summed E-state index contributed by atoms with van der Waals surface area (Å²) in [5.41, 5.74) is 0.722. The minimum Gasteiger partial charge on any atom is -0.491 e. The molecule has 0 unspecified atom stereocenters. The van der Waals surface area contributed by atoms with Crippen molar-refractivity contribution in [3.63, 3.8) is 0 Å². The number of amides is 4. The van der Waals surface area contributed by atoms with Gasteiger partial charge in [-0.25, -0.2) is 0 Å². The van der Waals surface area contributed by atoms with E-state index in [0.717, 1.165) is 37.8 Å². The highest BCUT2D eigenvalue weighted by Crippen LogP contribution is 2.44. The van der Waals surface area contributed by atoms with E-state index in [4.69, 9.17) is 4.74 Å². The number of nitrogens with zero attached hydrogens (tertiary/aromatic N) is 2. The predicted octanol–water partition coefficient (Wildman–Crippen LogP) is 1.36. The molecule has 228 valence electrons. The molecule has 0 aliphatic carbocycles.